The van der Waals surface area contributed by atoms with Crippen LogP contribution in [0.2, 0.25) is 0 Å². The lowest BCUT2D eigenvalue weighted by Crippen LogP contribution is -2.47. The van der Waals surface area contributed by atoms with Gasteiger partial charge in [-0.05, 0) is 32.1 Å². The van der Waals surface area contributed by atoms with Crippen LogP contribution >= 0.6 is 0 Å². The lowest BCUT2D eigenvalue weighted by Gasteiger charge is -2.37. The van der Waals surface area contributed by atoms with Crippen LogP contribution in [0.5, 0.6) is 0 Å². The van der Waals surface area contributed by atoms with Crippen molar-refractivity contribution in [3.8, 4) is 0 Å². The van der Waals surface area contributed by atoms with Crippen LogP contribution in [0.3, 0.4) is 0 Å². The van der Waals surface area contributed by atoms with Gasteiger partial charge in [-0.3, -0.25) is 4.79 Å². The first-order valence-electron chi connectivity index (χ1n) is 6.35. The van der Waals surface area contributed by atoms with Crippen molar-refractivity contribution in [2.75, 3.05) is 0 Å². The highest BCUT2D eigenvalue weighted by Gasteiger charge is 2.33. The Kier molecular flexibility index (Phi) is 3.96. The van der Waals surface area contributed by atoms with Crippen LogP contribution in [0.25, 0.3) is 0 Å². The fourth-order valence-corrected chi connectivity index (χ4v) is 2.33. The van der Waals surface area contributed by atoms with Crippen molar-refractivity contribution in [1.29, 1.82) is 0 Å². The molecule has 0 saturated heterocycles. The summed E-state index contributed by atoms with van der Waals surface area (Å²) in [5.41, 5.74) is 1.23. The van der Waals surface area contributed by atoms with Crippen molar-refractivity contribution in [3.05, 3.63) is 11.4 Å². The van der Waals surface area contributed by atoms with Gasteiger partial charge in [-0.2, -0.15) is 0 Å². The second-order valence-corrected chi connectivity index (χ2v) is 4.94. The number of aromatic nitrogens is 2. The highest BCUT2D eigenvalue weighted by atomic mass is 16.6. The number of aryl methyl sites for hydroxylation is 1. The van der Waals surface area contributed by atoms with E-state index < -0.39 is 0 Å². The van der Waals surface area contributed by atoms with E-state index in [4.69, 9.17) is 0 Å². The zero-order valence-corrected chi connectivity index (χ0v) is 10.7. The fourth-order valence-electron chi connectivity index (χ4n) is 2.33. The van der Waals surface area contributed by atoms with Gasteiger partial charge in [0, 0.05) is 6.04 Å². The first kappa shape index (κ1) is 13.0. The molecule has 0 aromatic carbocycles. The van der Waals surface area contributed by atoms with Gasteiger partial charge in [0.25, 0.3) is 0 Å². The number of carbonyl (C=O) groups is 1. The molecule has 1 atom stereocenters. The quantitative estimate of drug-likeness (QED) is 0.801. The standard InChI is InChI=1S/C12H19N3O3/c1-3-10(8-4-9(16)5-8)13-12(17)6-11-7(2)14-18-15-11/h8-10,16H,3-6H2,1-2H3,(H,13,17)/t8?,9?,10-/m1/s1. The molecule has 1 fully saturated rings. The maximum absolute atomic E-state index is 11.9. The van der Waals surface area contributed by atoms with Crippen LogP contribution in [-0.2, 0) is 11.2 Å². The van der Waals surface area contributed by atoms with Gasteiger partial charge < -0.3 is 10.4 Å². The summed E-state index contributed by atoms with van der Waals surface area (Å²) in [5, 5.41) is 19.6. The Balaban J connectivity index is 1.84. The number of hydrogen-bond acceptors (Lipinski definition) is 5. The molecule has 2 rings (SSSR count). The Morgan fingerprint density at radius 3 is 2.78 bits per heavy atom. The van der Waals surface area contributed by atoms with Crippen LogP contribution < -0.4 is 5.32 Å². The van der Waals surface area contributed by atoms with Crippen LogP contribution in [0.1, 0.15) is 37.6 Å². The van der Waals surface area contributed by atoms with Crippen molar-refractivity contribution in [2.24, 2.45) is 5.92 Å². The Bertz CT molecular complexity index is 412. The summed E-state index contributed by atoms with van der Waals surface area (Å²) in [6.07, 6.45) is 2.44. The third kappa shape index (κ3) is 2.87. The van der Waals surface area contributed by atoms with E-state index in [9.17, 15) is 9.90 Å². The molecular formula is C12H19N3O3. The van der Waals surface area contributed by atoms with Gasteiger partial charge in [0.1, 0.15) is 11.4 Å². The van der Waals surface area contributed by atoms with Gasteiger partial charge in [-0.25, -0.2) is 4.63 Å². The van der Waals surface area contributed by atoms with Gasteiger partial charge in [0.2, 0.25) is 5.91 Å². The third-order valence-electron chi connectivity index (χ3n) is 3.58. The molecule has 0 aliphatic heterocycles. The smallest absolute Gasteiger partial charge is 0.226 e. The summed E-state index contributed by atoms with van der Waals surface area (Å²) >= 11 is 0. The molecule has 1 aliphatic rings. The third-order valence-corrected chi connectivity index (χ3v) is 3.58. The summed E-state index contributed by atoms with van der Waals surface area (Å²) in [5.74, 6) is 0.326. The van der Waals surface area contributed by atoms with E-state index in [1.165, 1.54) is 0 Å². The van der Waals surface area contributed by atoms with Gasteiger partial charge in [-0.15, -0.1) is 0 Å². The van der Waals surface area contributed by atoms with Gasteiger partial charge in [-0.1, -0.05) is 17.2 Å². The molecule has 1 amide bonds. The van der Waals surface area contributed by atoms with Crippen LogP contribution in [0.4, 0.5) is 0 Å². The van der Waals surface area contributed by atoms with Crippen LogP contribution in [0, 0.1) is 12.8 Å². The molecule has 0 radical (unpaired) electrons. The number of carbonyl (C=O) groups excluding carboxylic acids is 1. The van der Waals surface area contributed by atoms with E-state index in [-0.39, 0.29) is 24.5 Å². The second kappa shape index (κ2) is 5.48. The van der Waals surface area contributed by atoms with Crippen molar-refractivity contribution >= 4 is 5.91 Å². The number of hydrogen-bond donors (Lipinski definition) is 2. The zero-order valence-electron chi connectivity index (χ0n) is 10.7. The zero-order chi connectivity index (χ0) is 13.1. The molecule has 6 nitrogen and oxygen atoms in total. The summed E-state index contributed by atoms with van der Waals surface area (Å²) in [4.78, 5) is 11.9. The Hall–Kier alpha value is -1.43. The van der Waals surface area contributed by atoms with E-state index in [1.54, 1.807) is 6.92 Å². The minimum atomic E-state index is -0.192. The molecule has 1 heterocycles. The molecule has 0 bridgehead atoms. The fraction of sp³-hybridized carbons (Fsp3) is 0.750. The number of nitrogens with zero attached hydrogens (tertiary/aromatic N) is 2. The van der Waals surface area contributed by atoms with E-state index in [0.717, 1.165) is 19.3 Å². The first-order chi connectivity index (χ1) is 8.60. The Morgan fingerprint density at radius 1 is 1.56 bits per heavy atom. The summed E-state index contributed by atoms with van der Waals surface area (Å²) < 4.78 is 4.56. The van der Waals surface area contributed by atoms with Crippen LogP contribution in [0.15, 0.2) is 4.63 Å². The van der Waals surface area contributed by atoms with Gasteiger partial charge in [0.15, 0.2) is 0 Å². The monoisotopic (exact) mass is 253 g/mol. The van der Waals surface area contributed by atoms with E-state index in [0.29, 0.717) is 17.3 Å². The number of rotatable bonds is 5. The second-order valence-electron chi connectivity index (χ2n) is 4.94. The molecule has 0 unspecified atom stereocenters. The minimum Gasteiger partial charge on any atom is -0.393 e. The molecule has 1 aromatic heterocycles. The van der Waals surface area contributed by atoms with E-state index >= 15 is 0 Å². The normalized spacial score (nSPS) is 24.4. The lowest BCUT2D eigenvalue weighted by molar-refractivity contribution is -0.122. The van der Waals surface area contributed by atoms with E-state index in [2.05, 4.69) is 20.3 Å². The summed E-state index contributed by atoms with van der Waals surface area (Å²) in [6, 6.07) is 0.140. The molecule has 6 heteroatoms. The highest BCUT2D eigenvalue weighted by Crippen LogP contribution is 2.31. The molecule has 18 heavy (non-hydrogen) atoms. The number of amides is 1. The predicted octanol–water partition coefficient (Wildman–Crippen LogP) is 0.586. The van der Waals surface area contributed by atoms with Gasteiger partial charge >= 0.3 is 0 Å². The topological polar surface area (TPSA) is 88.3 Å². The molecule has 2 N–H and O–H groups in total. The highest BCUT2D eigenvalue weighted by molar-refractivity contribution is 5.78. The van der Waals surface area contributed by atoms with Gasteiger partial charge in [0.05, 0.1) is 12.5 Å². The SMILES string of the molecule is CC[C@@H](NC(=O)Cc1nonc1C)C1CC(O)C1. The van der Waals surface area contributed by atoms with Crippen molar-refractivity contribution in [3.63, 3.8) is 0 Å². The maximum Gasteiger partial charge on any atom is 0.226 e. The molecule has 1 aromatic rings. The first-order valence-corrected chi connectivity index (χ1v) is 6.35. The number of aliphatic hydroxyl groups is 1. The minimum absolute atomic E-state index is 0.0676. The summed E-state index contributed by atoms with van der Waals surface area (Å²) in [7, 11) is 0. The summed E-state index contributed by atoms with van der Waals surface area (Å²) in [6.45, 7) is 3.80. The molecule has 1 aliphatic carbocycles. The molecule has 1 saturated carbocycles. The van der Waals surface area contributed by atoms with Crippen molar-refractivity contribution in [1.82, 2.24) is 15.6 Å². The van der Waals surface area contributed by atoms with Crippen LogP contribution in [-0.4, -0.2) is 33.5 Å². The van der Waals surface area contributed by atoms with E-state index in [1.807, 2.05) is 6.92 Å². The maximum atomic E-state index is 11.9. The lowest BCUT2D eigenvalue weighted by atomic mass is 9.76. The predicted molar refractivity (Wildman–Crippen MR) is 63.7 cm³/mol. The number of aliphatic hydroxyl groups excluding tert-OH is 1. The largest absolute Gasteiger partial charge is 0.393 e. The van der Waals surface area contributed by atoms with Crippen molar-refractivity contribution in [2.45, 2.75) is 51.7 Å². The molecule has 0 spiro atoms. The molecule has 100 valence electrons. The average molecular weight is 253 g/mol. The molecular weight excluding hydrogens is 234 g/mol. The average Bonchev–Trinajstić information content (AvgIpc) is 2.68. The Labute approximate surface area is 106 Å². The number of nitrogens with one attached hydrogen (secondary N) is 1. The van der Waals surface area contributed by atoms with Crippen molar-refractivity contribution < 1.29 is 14.5 Å². The Morgan fingerprint density at radius 2 is 2.28 bits per heavy atom.